The predicted octanol–water partition coefficient (Wildman–Crippen LogP) is 14.0. The number of hydrogen-bond acceptors (Lipinski definition) is 3. The Balaban J connectivity index is 1.13. The first-order valence-electron chi connectivity index (χ1n) is 20.2. The first-order chi connectivity index (χ1) is 29.3. The molecule has 1 spiro atoms. The highest BCUT2D eigenvalue weighted by atomic mass is 32.2. The van der Waals surface area contributed by atoms with Crippen molar-refractivity contribution in [3.8, 4) is 39.5 Å². The van der Waals surface area contributed by atoms with Gasteiger partial charge in [-0.05, 0) is 79.5 Å². The molecule has 3 nitrogen and oxygen atoms in total. The molecule has 0 atom stereocenters. The highest BCUT2D eigenvalue weighted by Gasteiger charge is 2.50. The molecule has 0 unspecified atom stereocenters. The number of rotatable bonds is 3. The van der Waals surface area contributed by atoms with Gasteiger partial charge in [0.05, 0.1) is 27.7 Å². The van der Waals surface area contributed by atoms with Crippen LogP contribution in [0, 0.1) is 0 Å². The minimum Gasteiger partial charge on any atom is -0.278 e. The molecule has 2 aliphatic rings. The standard InChI is InChI=1S/C55H33N3S/c1-2-14-34(15-3-1)35-26-28-37(29-27-35)52-41-20-8-12-24-46(41)56-54(57-52)58-47-32-30-36-16-4-5-17-38(36)50(47)51-48(58)33-31-45-53(51)59-49-25-13-11-23-44(49)55(45)42-21-9-6-18-39(42)40-19-7-10-22-43(40)55/h1-33H. The lowest BCUT2D eigenvalue weighted by atomic mass is 9.67. The maximum Gasteiger partial charge on any atom is 0.235 e. The van der Waals surface area contributed by atoms with Crippen LogP contribution in [0.3, 0.4) is 0 Å². The zero-order valence-electron chi connectivity index (χ0n) is 31.8. The number of fused-ring (bicyclic) bond motifs is 16. The van der Waals surface area contributed by atoms with Crippen molar-refractivity contribution in [3.63, 3.8) is 0 Å². The third-order valence-corrected chi connectivity index (χ3v) is 13.9. The number of benzene rings is 9. The Morgan fingerprint density at radius 2 is 1.00 bits per heavy atom. The first kappa shape index (κ1) is 32.8. The molecule has 1 aliphatic carbocycles. The fraction of sp³-hybridized carbons (Fsp3) is 0.0182. The van der Waals surface area contributed by atoms with E-state index in [9.17, 15) is 0 Å². The van der Waals surface area contributed by atoms with E-state index in [4.69, 9.17) is 9.97 Å². The van der Waals surface area contributed by atoms with Crippen LogP contribution in [0.4, 0.5) is 0 Å². The largest absolute Gasteiger partial charge is 0.278 e. The second kappa shape index (κ2) is 12.4. The van der Waals surface area contributed by atoms with Gasteiger partial charge in [-0.1, -0.05) is 188 Å². The van der Waals surface area contributed by atoms with Crippen LogP contribution in [0.1, 0.15) is 22.3 Å². The zero-order chi connectivity index (χ0) is 38.7. The molecule has 4 heteroatoms. The van der Waals surface area contributed by atoms with Crippen molar-refractivity contribution in [2.45, 2.75) is 15.2 Å². The molecule has 274 valence electrons. The van der Waals surface area contributed by atoms with Crippen molar-refractivity contribution in [2.75, 3.05) is 0 Å². The average Bonchev–Trinajstić information content (AvgIpc) is 3.81. The van der Waals surface area contributed by atoms with Crippen molar-refractivity contribution >= 4 is 55.2 Å². The topological polar surface area (TPSA) is 30.7 Å². The Hall–Kier alpha value is -7.27. The summed E-state index contributed by atoms with van der Waals surface area (Å²) in [7, 11) is 0. The highest BCUT2D eigenvalue weighted by molar-refractivity contribution is 7.99. The minimum absolute atomic E-state index is 0.476. The lowest BCUT2D eigenvalue weighted by Gasteiger charge is -2.40. The van der Waals surface area contributed by atoms with Crippen molar-refractivity contribution in [3.05, 3.63) is 222 Å². The fourth-order valence-electron chi connectivity index (χ4n) is 10.2. The van der Waals surface area contributed by atoms with E-state index in [-0.39, 0.29) is 0 Å². The maximum absolute atomic E-state index is 5.52. The lowest BCUT2D eigenvalue weighted by molar-refractivity contribution is 0.726. The summed E-state index contributed by atoms with van der Waals surface area (Å²) in [5.74, 6) is 0.661. The van der Waals surface area contributed by atoms with E-state index >= 15 is 0 Å². The molecule has 0 fully saturated rings. The van der Waals surface area contributed by atoms with Gasteiger partial charge in [-0.15, -0.1) is 0 Å². The molecule has 3 heterocycles. The highest BCUT2D eigenvalue weighted by Crippen LogP contribution is 2.63. The normalized spacial score (nSPS) is 13.5. The van der Waals surface area contributed by atoms with Crippen LogP contribution in [0.5, 0.6) is 0 Å². The quantitative estimate of drug-likeness (QED) is 0.179. The zero-order valence-corrected chi connectivity index (χ0v) is 32.6. The molecule has 13 rings (SSSR count). The summed E-state index contributed by atoms with van der Waals surface area (Å²) < 4.78 is 2.32. The molecule has 1 aliphatic heterocycles. The van der Waals surface area contributed by atoms with Gasteiger partial charge >= 0.3 is 0 Å². The van der Waals surface area contributed by atoms with E-state index in [0.717, 1.165) is 33.2 Å². The molecular formula is C55H33N3S. The van der Waals surface area contributed by atoms with Gasteiger partial charge in [0.2, 0.25) is 5.95 Å². The summed E-state index contributed by atoms with van der Waals surface area (Å²) in [4.78, 5) is 13.5. The van der Waals surface area contributed by atoms with Gasteiger partial charge in [-0.3, -0.25) is 4.57 Å². The number of para-hydroxylation sites is 1. The molecule has 0 saturated heterocycles. The fourth-order valence-corrected chi connectivity index (χ4v) is 11.6. The Morgan fingerprint density at radius 1 is 0.407 bits per heavy atom. The number of aromatic nitrogens is 3. The van der Waals surface area contributed by atoms with Crippen LogP contribution in [-0.4, -0.2) is 14.5 Å². The molecule has 9 aromatic carbocycles. The maximum atomic E-state index is 5.52. The molecule has 0 N–H and O–H groups in total. The Kier molecular flexibility index (Phi) is 6.87. The monoisotopic (exact) mass is 767 g/mol. The summed E-state index contributed by atoms with van der Waals surface area (Å²) in [6, 6.07) is 72.9. The van der Waals surface area contributed by atoms with Crippen LogP contribution >= 0.6 is 11.8 Å². The molecule has 0 radical (unpaired) electrons. The van der Waals surface area contributed by atoms with Crippen molar-refractivity contribution in [2.24, 2.45) is 0 Å². The van der Waals surface area contributed by atoms with Crippen LogP contribution in [0.2, 0.25) is 0 Å². The summed E-state index contributed by atoms with van der Waals surface area (Å²) in [6.45, 7) is 0. The van der Waals surface area contributed by atoms with E-state index < -0.39 is 5.41 Å². The third-order valence-electron chi connectivity index (χ3n) is 12.7. The molecule has 59 heavy (non-hydrogen) atoms. The Bertz CT molecular complexity index is 3480. The van der Waals surface area contributed by atoms with E-state index in [1.165, 1.54) is 75.8 Å². The Morgan fingerprint density at radius 3 is 1.80 bits per heavy atom. The van der Waals surface area contributed by atoms with E-state index in [1.807, 2.05) is 11.8 Å². The molecule has 2 aromatic heterocycles. The first-order valence-corrected chi connectivity index (χ1v) is 21.0. The molecular weight excluding hydrogens is 735 g/mol. The van der Waals surface area contributed by atoms with Crippen molar-refractivity contribution < 1.29 is 0 Å². The van der Waals surface area contributed by atoms with Crippen LogP contribution in [-0.2, 0) is 5.41 Å². The van der Waals surface area contributed by atoms with Gasteiger partial charge in [0.1, 0.15) is 0 Å². The van der Waals surface area contributed by atoms with Gasteiger partial charge in [0, 0.05) is 31.5 Å². The molecule has 0 bridgehead atoms. The SMILES string of the molecule is c1ccc(-c2ccc(-c3nc(-n4c5ccc6c(c5c5c7ccccc7ccc54)Sc4ccccc4C64c5ccccc5-c5ccccc54)nc4ccccc34)cc2)cc1. The molecule has 11 aromatic rings. The van der Waals surface area contributed by atoms with Gasteiger partial charge in [-0.2, -0.15) is 0 Å². The molecule has 0 amide bonds. The summed E-state index contributed by atoms with van der Waals surface area (Å²) in [6.07, 6.45) is 0. The van der Waals surface area contributed by atoms with Gasteiger partial charge in [-0.25, -0.2) is 9.97 Å². The van der Waals surface area contributed by atoms with E-state index in [1.54, 1.807) is 0 Å². The second-order valence-electron chi connectivity index (χ2n) is 15.6. The minimum atomic E-state index is -0.476. The lowest BCUT2D eigenvalue weighted by Crippen LogP contribution is -2.32. The Labute approximate surface area is 345 Å². The second-order valence-corrected chi connectivity index (χ2v) is 16.7. The summed E-state index contributed by atoms with van der Waals surface area (Å²) in [5, 5.41) is 5.92. The summed E-state index contributed by atoms with van der Waals surface area (Å²) >= 11 is 1.90. The van der Waals surface area contributed by atoms with Gasteiger partial charge in [0.25, 0.3) is 0 Å². The average molecular weight is 768 g/mol. The summed E-state index contributed by atoms with van der Waals surface area (Å²) in [5.41, 5.74) is 14.9. The van der Waals surface area contributed by atoms with Crippen LogP contribution in [0.15, 0.2) is 210 Å². The van der Waals surface area contributed by atoms with Gasteiger partial charge in [0.15, 0.2) is 0 Å². The van der Waals surface area contributed by atoms with E-state index in [2.05, 4.69) is 205 Å². The number of nitrogens with zero attached hydrogens (tertiary/aromatic N) is 3. The smallest absolute Gasteiger partial charge is 0.235 e. The number of hydrogen-bond donors (Lipinski definition) is 0. The van der Waals surface area contributed by atoms with Crippen molar-refractivity contribution in [1.82, 2.24) is 14.5 Å². The van der Waals surface area contributed by atoms with Crippen LogP contribution in [0.25, 0.3) is 82.9 Å². The van der Waals surface area contributed by atoms with Gasteiger partial charge < -0.3 is 0 Å². The van der Waals surface area contributed by atoms with Crippen molar-refractivity contribution in [1.29, 1.82) is 0 Å². The van der Waals surface area contributed by atoms with E-state index in [0.29, 0.717) is 5.95 Å². The van der Waals surface area contributed by atoms with Crippen LogP contribution < -0.4 is 0 Å². The predicted molar refractivity (Wildman–Crippen MR) is 244 cm³/mol. The molecule has 0 saturated carbocycles. The third kappa shape index (κ3) is 4.49.